The van der Waals surface area contributed by atoms with Gasteiger partial charge in [0.15, 0.2) is 0 Å². The van der Waals surface area contributed by atoms with E-state index in [1.165, 1.54) is 6.07 Å². The number of imidazole rings is 1. The van der Waals surface area contributed by atoms with Crippen LogP contribution in [0.1, 0.15) is 16.1 Å². The predicted molar refractivity (Wildman–Crippen MR) is 112 cm³/mol. The van der Waals surface area contributed by atoms with Crippen molar-refractivity contribution in [3.05, 3.63) is 52.8 Å². The highest BCUT2D eigenvalue weighted by Gasteiger charge is 2.55. The van der Waals surface area contributed by atoms with Gasteiger partial charge in [-0.1, -0.05) is 17.7 Å². The van der Waals surface area contributed by atoms with Gasteiger partial charge in [-0.2, -0.15) is 0 Å². The van der Waals surface area contributed by atoms with E-state index in [1.807, 2.05) is 11.9 Å². The summed E-state index contributed by atoms with van der Waals surface area (Å²) in [6, 6.07) is 4.63. The fourth-order valence-electron chi connectivity index (χ4n) is 4.15. The molecule has 5 nitrogen and oxygen atoms in total. The molecule has 1 amide bonds. The van der Waals surface area contributed by atoms with E-state index in [2.05, 4.69) is 16.9 Å². The summed E-state index contributed by atoms with van der Waals surface area (Å²) < 4.78 is 15.2. The summed E-state index contributed by atoms with van der Waals surface area (Å²) in [6.07, 6.45) is 3.36. The van der Waals surface area contributed by atoms with E-state index < -0.39 is 5.82 Å². The lowest BCUT2D eigenvalue weighted by Crippen LogP contribution is -2.34. The van der Waals surface area contributed by atoms with Crippen molar-refractivity contribution in [2.24, 2.45) is 24.8 Å². The average molecular weight is 450 g/mol. The van der Waals surface area contributed by atoms with Crippen molar-refractivity contribution < 1.29 is 9.18 Å². The third-order valence-electron chi connectivity index (χ3n) is 5.55. The van der Waals surface area contributed by atoms with Gasteiger partial charge in [-0.05, 0) is 42.5 Å². The molecule has 1 unspecified atom stereocenters. The fraction of sp³-hybridized carbons (Fsp3) is 0.474. The minimum Gasteiger partial charge on any atom is -0.340 e. The highest BCUT2D eigenvalue weighted by atomic mass is 35.5. The Morgan fingerprint density at radius 2 is 1.96 bits per heavy atom. The molecule has 2 aromatic rings. The first kappa shape index (κ1) is 22.9. The van der Waals surface area contributed by atoms with Crippen molar-refractivity contribution in [3.8, 4) is 0 Å². The van der Waals surface area contributed by atoms with Gasteiger partial charge in [0.1, 0.15) is 11.5 Å². The molecule has 1 aliphatic carbocycles. The van der Waals surface area contributed by atoms with Crippen molar-refractivity contribution in [1.82, 2.24) is 19.4 Å². The minimum atomic E-state index is -0.446. The molecule has 154 valence electrons. The molecule has 2 fully saturated rings. The number of aromatic nitrogens is 2. The lowest BCUT2D eigenvalue weighted by atomic mass is 10.1. The Kier molecular flexibility index (Phi) is 7.37. The van der Waals surface area contributed by atoms with E-state index in [0.29, 0.717) is 36.5 Å². The number of halogens is 4. The topological polar surface area (TPSA) is 41.4 Å². The van der Waals surface area contributed by atoms with Crippen LogP contribution in [-0.2, 0) is 13.6 Å². The Morgan fingerprint density at radius 1 is 1.29 bits per heavy atom. The molecular weight excluding hydrogens is 426 g/mol. The van der Waals surface area contributed by atoms with Crippen LogP contribution in [-0.4, -0.2) is 51.9 Å². The van der Waals surface area contributed by atoms with Crippen LogP contribution < -0.4 is 0 Å². The van der Waals surface area contributed by atoms with Crippen molar-refractivity contribution in [2.75, 3.05) is 26.7 Å². The van der Waals surface area contributed by atoms with Crippen molar-refractivity contribution in [1.29, 1.82) is 0 Å². The maximum Gasteiger partial charge on any atom is 0.274 e. The van der Waals surface area contributed by atoms with Gasteiger partial charge in [0, 0.05) is 39.4 Å². The number of hydrogen-bond donors (Lipinski definition) is 0. The molecule has 0 radical (unpaired) electrons. The summed E-state index contributed by atoms with van der Waals surface area (Å²) in [7, 11) is 3.98. The molecule has 1 saturated heterocycles. The van der Waals surface area contributed by atoms with Gasteiger partial charge in [0.2, 0.25) is 0 Å². The van der Waals surface area contributed by atoms with Gasteiger partial charge in [0.05, 0.1) is 11.3 Å². The Balaban J connectivity index is 0.00000140. The van der Waals surface area contributed by atoms with Crippen LogP contribution in [0.15, 0.2) is 30.7 Å². The van der Waals surface area contributed by atoms with Gasteiger partial charge in [0.25, 0.3) is 5.91 Å². The number of fused-ring (bicyclic) bond motifs is 1. The summed E-state index contributed by atoms with van der Waals surface area (Å²) in [4.78, 5) is 21.4. The molecular formula is C19H24Cl3FN4O. The van der Waals surface area contributed by atoms with E-state index in [4.69, 9.17) is 11.6 Å². The van der Waals surface area contributed by atoms with Crippen LogP contribution in [0.3, 0.4) is 0 Å². The summed E-state index contributed by atoms with van der Waals surface area (Å²) in [5, 5.41) is 0.0812. The molecule has 2 aliphatic rings. The zero-order valence-corrected chi connectivity index (χ0v) is 18.1. The number of rotatable bonds is 5. The lowest BCUT2D eigenvalue weighted by molar-refractivity contribution is 0.0720. The molecule has 9 heteroatoms. The highest BCUT2D eigenvalue weighted by molar-refractivity contribution is 6.30. The molecule has 1 aromatic heterocycles. The highest BCUT2D eigenvalue weighted by Crippen LogP contribution is 2.51. The number of hydrogen-bond acceptors (Lipinski definition) is 3. The molecule has 28 heavy (non-hydrogen) atoms. The smallest absolute Gasteiger partial charge is 0.274 e. The second-order valence-corrected chi connectivity index (χ2v) is 7.98. The molecule has 4 rings (SSSR count). The Bertz CT molecular complexity index is 834. The van der Waals surface area contributed by atoms with E-state index in [9.17, 15) is 9.18 Å². The van der Waals surface area contributed by atoms with Crippen LogP contribution in [0, 0.1) is 23.6 Å². The first-order chi connectivity index (χ1) is 12.4. The van der Waals surface area contributed by atoms with Crippen LogP contribution in [0.2, 0.25) is 5.02 Å². The number of piperidine rings is 1. The zero-order chi connectivity index (χ0) is 18.4. The summed E-state index contributed by atoms with van der Waals surface area (Å²) in [5.74, 6) is 1.35. The first-order valence-electron chi connectivity index (χ1n) is 8.82. The van der Waals surface area contributed by atoms with Crippen molar-refractivity contribution in [2.45, 2.75) is 6.54 Å². The quantitative estimate of drug-likeness (QED) is 0.701. The maximum absolute atomic E-state index is 13.4. The van der Waals surface area contributed by atoms with Gasteiger partial charge in [-0.25, -0.2) is 9.37 Å². The minimum absolute atomic E-state index is 0. The second-order valence-electron chi connectivity index (χ2n) is 7.57. The zero-order valence-electron chi connectivity index (χ0n) is 15.7. The van der Waals surface area contributed by atoms with Gasteiger partial charge >= 0.3 is 0 Å². The van der Waals surface area contributed by atoms with E-state index in [-0.39, 0.29) is 35.7 Å². The number of aryl methyl sites for hydroxylation is 1. The Hall–Kier alpha value is -1.34. The van der Waals surface area contributed by atoms with Crippen LogP contribution in [0.4, 0.5) is 4.39 Å². The number of likely N-dealkylation sites (tertiary alicyclic amines) is 1. The molecule has 0 bridgehead atoms. The molecule has 1 aromatic carbocycles. The standard InChI is InChI=1S/C19H22ClFN4O.2ClH/c1-23-7-13-14(8-23)15(13)9-25(19(26)18-10-24(2)11-22-18)6-12-3-4-17(21)16(20)5-12;;/h3-5,10-11,13-15H,6-9H2,1-2H3;2*1H/t13-,14+,15?;;. The third kappa shape index (κ3) is 4.62. The molecule has 1 aliphatic heterocycles. The molecule has 3 atom stereocenters. The van der Waals surface area contributed by atoms with Gasteiger partial charge in [-0.15, -0.1) is 24.8 Å². The largest absolute Gasteiger partial charge is 0.340 e. The molecule has 1 saturated carbocycles. The second kappa shape index (κ2) is 8.99. The Morgan fingerprint density at radius 3 is 2.54 bits per heavy atom. The summed E-state index contributed by atoms with van der Waals surface area (Å²) >= 11 is 5.91. The lowest BCUT2D eigenvalue weighted by Gasteiger charge is -2.24. The molecule has 0 N–H and O–H groups in total. The van der Waals surface area contributed by atoms with Gasteiger partial charge in [-0.3, -0.25) is 4.79 Å². The normalized spacial score (nSPS) is 22.8. The van der Waals surface area contributed by atoms with Gasteiger partial charge < -0.3 is 14.4 Å². The number of nitrogens with zero attached hydrogens (tertiary/aromatic N) is 4. The number of amides is 1. The monoisotopic (exact) mass is 448 g/mol. The van der Waals surface area contributed by atoms with E-state index in [1.54, 1.807) is 29.2 Å². The number of carbonyl (C=O) groups excluding carboxylic acids is 1. The predicted octanol–water partition coefficient (Wildman–Crippen LogP) is 3.51. The number of benzene rings is 1. The molecule has 2 heterocycles. The SMILES string of the molecule is CN1C[C@@H]2C(CN(Cc3ccc(F)c(Cl)c3)C(=O)c3cn(C)cn3)[C@@H]2C1.Cl.Cl. The van der Waals surface area contributed by atoms with Crippen molar-refractivity contribution >= 4 is 42.3 Å². The average Bonchev–Trinajstić information content (AvgIpc) is 2.94. The fourth-order valence-corrected chi connectivity index (χ4v) is 4.35. The van der Waals surface area contributed by atoms with Crippen molar-refractivity contribution in [3.63, 3.8) is 0 Å². The maximum atomic E-state index is 13.4. The Labute approximate surface area is 181 Å². The van der Waals surface area contributed by atoms with Crippen LogP contribution in [0.5, 0.6) is 0 Å². The first-order valence-corrected chi connectivity index (χ1v) is 9.20. The van der Waals surface area contributed by atoms with E-state index >= 15 is 0 Å². The number of carbonyl (C=O) groups is 1. The molecule has 0 spiro atoms. The summed E-state index contributed by atoms with van der Waals surface area (Å²) in [6.45, 7) is 3.31. The summed E-state index contributed by atoms with van der Waals surface area (Å²) in [5.41, 5.74) is 1.26. The van der Waals surface area contributed by atoms with E-state index in [0.717, 1.165) is 18.7 Å². The van der Waals surface area contributed by atoms with Crippen LogP contribution in [0.25, 0.3) is 0 Å². The third-order valence-corrected chi connectivity index (χ3v) is 5.84. The van der Waals surface area contributed by atoms with Crippen LogP contribution >= 0.6 is 36.4 Å².